The molecule has 0 saturated carbocycles. The Bertz CT molecular complexity index is 1460. The molecule has 4 aromatic rings. The summed E-state index contributed by atoms with van der Waals surface area (Å²) >= 11 is 6.52. The van der Waals surface area contributed by atoms with Crippen LogP contribution in [-0.2, 0) is 16.0 Å². The van der Waals surface area contributed by atoms with Gasteiger partial charge in [0.05, 0.1) is 18.7 Å². The van der Waals surface area contributed by atoms with E-state index in [-0.39, 0.29) is 17.9 Å². The largest absolute Gasteiger partial charge is 0.507 e. The number of rotatable bonds is 6. The Morgan fingerprint density at radius 1 is 1.03 bits per heavy atom. The monoisotopic (exact) mass is 486 g/mol. The first-order valence-corrected chi connectivity index (χ1v) is 11.6. The van der Waals surface area contributed by atoms with Gasteiger partial charge in [-0.1, -0.05) is 48.0 Å². The summed E-state index contributed by atoms with van der Waals surface area (Å²) in [4.78, 5) is 31.2. The first kappa shape index (κ1) is 22.7. The second kappa shape index (κ2) is 9.31. The zero-order valence-corrected chi connectivity index (χ0v) is 19.8. The van der Waals surface area contributed by atoms with Crippen LogP contribution in [0.5, 0.6) is 5.75 Å². The third-order valence-corrected chi connectivity index (χ3v) is 6.74. The van der Waals surface area contributed by atoms with Crippen LogP contribution in [0.3, 0.4) is 0 Å². The minimum Gasteiger partial charge on any atom is -0.507 e. The van der Waals surface area contributed by atoms with E-state index in [1.807, 2.05) is 30.5 Å². The van der Waals surface area contributed by atoms with E-state index in [2.05, 4.69) is 4.98 Å². The van der Waals surface area contributed by atoms with Gasteiger partial charge in [-0.25, -0.2) is 0 Å². The molecule has 6 nitrogen and oxygen atoms in total. The number of ether oxygens (including phenoxy) is 1. The number of H-pyrrole nitrogens is 1. The smallest absolute Gasteiger partial charge is 0.295 e. The van der Waals surface area contributed by atoms with Gasteiger partial charge in [0.25, 0.3) is 11.7 Å². The van der Waals surface area contributed by atoms with Crippen molar-refractivity contribution < 1.29 is 19.4 Å². The third kappa shape index (κ3) is 4.06. The standard InChI is InChI=1S/C28H23ClN2O4/c1-35-19-12-10-17(11-13-19)26(32)24-25(21-7-2-4-8-22(21)29)31(28(34)27(24)33)15-14-18-16-30-23-9-5-3-6-20(18)23/h2-13,16,25,30,32H,14-15H2,1H3/b26-24+. The van der Waals surface area contributed by atoms with Crippen LogP contribution in [0.15, 0.2) is 84.6 Å². The topological polar surface area (TPSA) is 82.6 Å². The molecule has 2 N–H and O–H groups in total. The molecule has 0 bridgehead atoms. The zero-order valence-electron chi connectivity index (χ0n) is 19.0. The minimum atomic E-state index is -0.809. The van der Waals surface area contributed by atoms with Crippen LogP contribution in [0.2, 0.25) is 5.02 Å². The van der Waals surface area contributed by atoms with Crippen LogP contribution >= 0.6 is 11.6 Å². The maximum atomic E-state index is 13.2. The summed E-state index contributed by atoms with van der Waals surface area (Å²) in [6, 6.07) is 20.9. The molecule has 3 aromatic carbocycles. The molecule has 35 heavy (non-hydrogen) atoms. The number of benzene rings is 3. The highest BCUT2D eigenvalue weighted by atomic mass is 35.5. The summed E-state index contributed by atoms with van der Waals surface area (Å²) in [5.41, 5.74) is 3.06. The molecular formula is C28H23ClN2O4. The number of carbonyl (C=O) groups excluding carboxylic acids is 2. The van der Waals surface area contributed by atoms with Crippen LogP contribution in [0.25, 0.3) is 16.7 Å². The van der Waals surface area contributed by atoms with E-state index < -0.39 is 17.7 Å². The molecule has 1 aliphatic rings. The number of fused-ring (bicyclic) bond motifs is 1. The highest BCUT2D eigenvalue weighted by Crippen LogP contribution is 2.42. The molecule has 2 heterocycles. The van der Waals surface area contributed by atoms with Crippen molar-refractivity contribution in [2.24, 2.45) is 0 Å². The number of aliphatic hydroxyl groups excluding tert-OH is 1. The summed E-state index contributed by atoms with van der Waals surface area (Å²) in [5.74, 6) is -1.03. The number of aromatic amines is 1. The number of amides is 1. The third-order valence-electron chi connectivity index (χ3n) is 6.40. The van der Waals surface area contributed by atoms with Gasteiger partial charge in [-0.2, -0.15) is 0 Å². The lowest BCUT2D eigenvalue weighted by Gasteiger charge is -2.26. The van der Waals surface area contributed by atoms with Crippen LogP contribution in [0, 0.1) is 0 Å². The maximum Gasteiger partial charge on any atom is 0.295 e. The zero-order chi connectivity index (χ0) is 24.5. The van der Waals surface area contributed by atoms with Gasteiger partial charge < -0.3 is 19.7 Å². The quantitative estimate of drug-likeness (QED) is 0.214. The molecule has 1 unspecified atom stereocenters. The van der Waals surface area contributed by atoms with E-state index >= 15 is 0 Å². The van der Waals surface area contributed by atoms with Crippen molar-refractivity contribution in [2.45, 2.75) is 12.5 Å². The number of aromatic nitrogens is 1. The molecule has 1 saturated heterocycles. The van der Waals surface area contributed by atoms with E-state index in [4.69, 9.17) is 16.3 Å². The predicted molar refractivity (Wildman–Crippen MR) is 135 cm³/mol. The van der Waals surface area contributed by atoms with Gasteiger partial charge in [0.15, 0.2) is 0 Å². The molecule has 1 aromatic heterocycles. The number of aliphatic hydroxyl groups is 1. The number of Topliss-reactive ketones (excluding diaryl/α,β-unsaturated/α-hetero) is 1. The molecule has 1 aliphatic heterocycles. The number of nitrogens with one attached hydrogen (secondary N) is 1. The minimum absolute atomic E-state index is 0.0205. The number of halogens is 1. The maximum absolute atomic E-state index is 13.2. The van der Waals surface area contributed by atoms with E-state index in [0.29, 0.717) is 28.3 Å². The van der Waals surface area contributed by atoms with Crippen LogP contribution in [-0.4, -0.2) is 40.3 Å². The number of carbonyl (C=O) groups is 2. The number of likely N-dealkylation sites (tertiary alicyclic amines) is 1. The number of para-hydroxylation sites is 1. The Labute approximate surface area is 207 Å². The number of nitrogens with zero attached hydrogens (tertiary/aromatic N) is 1. The summed E-state index contributed by atoms with van der Waals surface area (Å²) in [7, 11) is 1.55. The molecule has 7 heteroatoms. The van der Waals surface area contributed by atoms with Crippen molar-refractivity contribution in [3.63, 3.8) is 0 Å². The summed E-state index contributed by atoms with van der Waals surface area (Å²) in [6.45, 7) is 0.279. The fourth-order valence-corrected chi connectivity index (χ4v) is 4.85. The lowest BCUT2D eigenvalue weighted by molar-refractivity contribution is -0.139. The van der Waals surface area contributed by atoms with Gasteiger partial charge in [0, 0.05) is 34.2 Å². The van der Waals surface area contributed by atoms with Gasteiger partial charge >= 0.3 is 0 Å². The molecule has 1 atom stereocenters. The van der Waals surface area contributed by atoms with E-state index in [9.17, 15) is 14.7 Å². The second-order valence-corrected chi connectivity index (χ2v) is 8.76. The Morgan fingerprint density at radius 3 is 2.49 bits per heavy atom. The molecule has 5 rings (SSSR count). The fraction of sp³-hybridized carbons (Fsp3) is 0.143. The summed E-state index contributed by atoms with van der Waals surface area (Å²) < 4.78 is 5.19. The molecule has 0 aliphatic carbocycles. The summed E-state index contributed by atoms with van der Waals surface area (Å²) in [6.07, 6.45) is 2.45. The van der Waals surface area contributed by atoms with E-state index in [0.717, 1.165) is 16.5 Å². The fourth-order valence-electron chi connectivity index (χ4n) is 4.61. The number of ketones is 1. The van der Waals surface area contributed by atoms with E-state index in [1.54, 1.807) is 55.6 Å². The predicted octanol–water partition coefficient (Wildman–Crippen LogP) is 5.49. The number of methoxy groups -OCH3 is 1. The Kier molecular flexibility index (Phi) is 6.05. The average molecular weight is 487 g/mol. The first-order valence-electron chi connectivity index (χ1n) is 11.2. The lowest BCUT2D eigenvalue weighted by atomic mass is 9.95. The molecule has 1 fully saturated rings. The van der Waals surface area contributed by atoms with Gasteiger partial charge in [-0.05, 0) is 53.9 Å². The van der Waals surface area contributed by atoms with Crippen LogP contribution in [0.4, 0.5) is 0 Å². The van der Waals surface area contributed by atoms with Gasteiger partial charge in [0.2, 0.25) is 0 Å². The van der Waals surface area contributed by atoms with Crippen LogP contribution < -0.4 is 4.74 Å². The van der Waals surface area contributed by atoms with Crippen LogP contribution in [0.1, 0.15) is 22.7 Å². The van der Waals surface area contributed by atoms with Gasteiger partial charge in [-0.3, -0.25) is 9.59 Å². The van der Waals surface area contributed by atoms with Crippen molar-refractivity contribution in [3.05, 3.63) is 106 Å². The van der Waals surface area contributed by atoms with Crippen molar-refractivity contribution in [3.8, 4) is 5.75 Å². The van der Waals surface area contributed by atoms with Gasteiger partial charge in [0.1, 0.15) is 11.5 Å². The Balaban J connectivity index is 1.57. The number of hydrogen-bond donors (Lipinski definition) is 2. The van der Waals surface area contributed by atoms with Crippen molar-refractivity contribution in [2.75, 3.05) is 13.7 Å². The lowest BCUT2D eigenvalue weighted by Crippen LogP contribution is -2.31. The second-order valence-electron chi connectivity index (χ2n) is 8.35. The summed E-state index contributed by atoms with van der Waals surface area (Å²) in [5, 5.41) is 12.7. The SMILES string of the molecule is COc1ccc(/C(O)=C2\C(=O)C(=O)N(CCc3c[nH]c4ccccc34)C2c2ccccc2Cl)cc1. The molecule has 0 spiro atoms. The first-order chi connectivity index (χ1) is 17.0. The molecule has 0 radical (unpaired) electrons. The van der Waals surface area contributed by atoms with Crippen molar-refractivity contribution in [1.29, 1.82) is 0 Å². The van der Waals surface area contributed by atoms with Crippen molar-refractivity contribution in [1.82, 2.24) is 9.88 Å². The number of hydrogen-bond acceptors (Lipinski definition) is 4. The Hall–Kier alpha value is -4.03. The normalized spacial score (nSPS) is 17.3. The van der Waals surface area contributed by atoms with E-state index in [1.165, 1.54) is 4.90 Å². The Morgan fingerprint density at radius 2 is 1.74 bits per heavy atom. The van der Waals surface area contributed by atoms with Crippen molar-refractivity contribution >= 4 is 40.0 Å². The molecule has 176 valence electrons. The highest BCUT2D eigenvalue weighted by molar-refractivity contribution is 6.47. The molecule has 1 amide bonds. The molecular weight excluding hydrogens is 464 g/mol. The highest BCUT2D eigenvalue weighted by Gasteiger charge is 2.46. The van der Waals surface area contributed by atoms with Gasteiger partial charge in [-0.15, -0.1) is 0 Å². The average Bonchev–Trinajstić information content (AvgIpc) is 3.41.